The van der Waals surface area contributed by atoms with Gasteiger partial charge in [-0.05, 0) is 24.8 Å². The Morgan fingerprint density at radius 3 is 2.95 bits per heavy atom. The molecule has 5 heteroatoms. The lowest BCUT2D eigenvalue weighted by Gasteiger charge is -2.18. The minimum absolute atomic E-state index is 0.434. The molecule has 0 radical (unpaired) electrons. The molecule has 100 valence electrons. The Balaban J connectivity index is 1.70. The number of aromatic amines is 1. The van der Waals surface area contributed by atoms with E-state index in [0.29, 0.717) is 6.01 Å². The molecule has 0 amide bonds. The molecule has 2 aromatic rings. The Hall–Kier alpha value is -1.62. The summed E-state index contributed by atoms with van der Waals surface area (Å²) >= 11 is 0. The minimum Gasteiger partial charge on any atom is -0.467 e. The van der Waals surface area contributed by atoms with Crippen molar-refractivity contribution in [2.24, 2.45) is 0 Å². The van der Waals surface area contributed by atoms with E-state index in [1.54, 1.807) is 7.11 Å². The van der Waals surface area contributed by atoms with Gasteiger partial charge in [-0.15, -0.1) is 0 Å². The molecule has 0 saturated heterocycles. The van der Waals surface area contributed by atoms with Crippen LogP contribution in [0.3, 0.4) is 0 Å². The highest BCUT2D eigenvalue weighted by Crippen LogP contribution is 2.31. The highest BCUT2D eigenvalue weighted by atomic mass is 16.5. The van der Waals surface area contributed by atoms with E-state index in [-0.39, 0.29) is 0 Å². The van der Waals surface area contributed by atoms with E-state index in [2.05, 4.69) is 19.9 Å². The van der Waals surface area contributed by atoms with Gasteiger partial charge in [-0.1, -0.05) is 0 Å². The Bertz CT molecular complexity index is 617. The van der Waals surface area contributed by atoms with Gasteiger partial charge in [0.1, 0.15) is 5.65 Å². The fourth-order valence-corrected chi connectivity index (χ4v) is 3.09. The highest BCUT2D eigenvalue weighted by molar-refractivity contribution is 5.81. The lowest BCUT2D eigenvalue weighted by atomic mass is 10.1. The van der Waals surface area contributed by atoms with Crippen molar-refractivity contribution in [1.29, 1.82) is 0 Å². The van der Waals surface area contributed by atoms with Gasteiger partial charge in [-0.25, -0.2) is 4.98 Å². The third-order valence-corrected chi connectivity index (χ3v) is 4.27. The number of rotatable bonds is 2. The van der Waals surface area contributed by atoms with Gasteiger partial charge in [0.15, 0.2) is 0 Å². The Kier molecular flexibility index (Phi) is 2.48. The van der Waals surface area contributed by atoms with Crippen LogP contribution in [0.15, 0.2) is 6.20 Å². The first-order valence-electron chi connectivity index (χ1n) is 6.99. The lowest BCUT2D eigenvalue weighted by molar-refractivity contribution is 0.277. The van der Waals surface area contributed by atoms with Gasteiger partial charge in [0.2, 0.25) is 0 Å². The normalized spacial score (nSPS) is 20.3. The first-order valence-corrected chi connectivity index (χ1v) is 6.99. The number of ether oxygens (including phenoxy) is 1. The summed E-state index contributed by atoms with van der Waals surface area (Å²) in [5.74, 6) is 0. The van der Waals surface area contributed by atoms with Gasteiger partial charge in [0, 0.05) is 42.8 Å². The zero-order chi connectivity index (χ0) is 12.8. The van der Waals surface area contributed by atoms with Crippen molar-refractivity contribution in [1.82, 2.24) is 19.9 Å². The van der Waals surface area contributed by atoms with Crippen LogP contribution in [0.5, 0.6) is 6.01 Å². The number of hydrogen-bond donors (Lipinski definition) is 1. The van der Waals surface area contributed by atoms with Gasteiger partial charge in [-0.2, -0.15) is 4.98 Å². The van der Waals surface area contributed by atoms with Crippen molar-refractivity contribution in [3.8, 4) is 6.01 Å². The zero-order valence-corrected chi connectivity index (χ0v) is 11.1. The largest absolute Gasteiger partial charge is 0.467 e. The molecule has 0 aromatic carbocycles. The number of fused-ring (bicyclic) bond motifs is 3. The molecule has 2 aliphatic rings. The van der Waals surface area contributed by atoms with Crippen LogP contribution in [0.25, 0.3) is 11.0 Å². The standard InChI is InChI=1S/C14H18N4O/c1-19-14-15-8-11-10-4-6-18(9-2-3-9)7-5-12(10)16-13(11)17-14/h8-9H,2-7H2,1H3,(H,15,16,17). The third-order valence-electron chi connectivity index (χ3n) is 4.27. The van der Waals surface area contributed by atoms with Crippen molar-refractivity contribution in [2.45, 2.75) is 31.7 Å². The molecule has 1 N–H and O–H groups in total. The molecular weight excluding hydrogens is 240 g/mol. The Morgan fingerprint density at radius 1 is 1.32 bits per heavy atom. The fourth-order valence-electron chi connectivity index (χ4n) is 3.09. The minimum atomic E-state index is 0.434. The van der Waals surface area contributed by atoms with E-state index < -0.39 is 0 Å². The average molecular weight is 258 g/mol. The van der Waals surface area contributed by atoms with Gasteiger partial charge in [0.05, 0.1) is 7.11 Å². The summed E-state index contributed by atoms with van der Waals surface area (Å²) in [6.07, 6.45) is 6.85. The Labute approximate surface area is 112 Å². The fraction of sp³-hybridized carbons (Fsp3) is 0.571. The molecule has 3 heterocycles. The summed E-state index contributed by atoms with van der Waals surface area (Å²) in [6.45, 7) is 2.33. The molecule has 1 aliphatic heterocycles. The van der Waals surface area contributed by atoms with Crippen LogP contribution in [-0.4, -0.2) is 46.1 Å². The molecule has 5 nitrogen and oxygen atoms in total. The number of nitrogens with zero attached hydrogens (tertiary/aromatic N) is 3. The van der Waals surface area contributed by atoms with Gasteiger partial charge in [0.25, 0.3) is 0 Å². The van der Waals surface area contributed by atoms with Crippen molar-refractivity contribution in [3.05, 3.63) is 17.5 Å². The molecule has 2 aromatic heterocycles. The van der Waals surface area contributed by atoms with Crippen molar-refractivity contribution in [2.75, 3.05) is 20.2 Å². The predicted octanol–water partition coefficient (Wildman–Crippen LogP) is 1.53. The molecule has 1 aliphatic carbocycles. The number of aromatic nitrogens is 3. The van der Waals surface area contributed by atoms with Crippen LogP contribution in [0.4, 0.5) is 0 Å². The maximum atomic E-state index is 5.09. The predicted molar refractivity (Wildman–Crippen MR) is 72.4 cm³/mol. The number of hydrogen-bond acceptors (Lipinski definition) is 4. The molecule has 0 spiro atoms. The van der Waals surface area contributed by atoms with Crippen LogP contribution in [0.1, 0.15) is 24.1 Å². The molecule has 0 bridgehead atoms. The van der Waals surface area contributed by atoms with Crippen LogP contribution < -0.4 is 4.74 Å². The van der Waals surface area contributed by atoms with Crippen molar-refractivity contribution >= 4 is 11.0 Å². The maximum absolute atomic E-state index is 5.09. The van der Waals surface area contributed by atoms with Crippen LogP contribution in [0.2, 0.25) is 0 Å². The second-order valence-electron chi connectivity index (χ2n) is 5.47. The monoisotopic (exact) mass is 258 g/mol. The van der Waals surface area contributed by atoms with Crippen molar-refractivity contribution < 1.29 is 4.74 Å². The second-order valence-corrected chi connectivity index (χ2v) is 5.47. The lowest BCUT2D eigenvalue weighted by Crippen LogP contribution is -2.28. The topological polar surface area (TPSA) is 54.0 Å². The summed E-state index contributed by atoms with van der Waals surface area (Å²) < 4.78 is 5.09. The Morgan fingerprint density at radius 2 is 2.16 bits per heavy atom. The average Bonchev–Trinajstić information content (AvgIpc) is 3.23. The number of nitrogens with one attached hydrogen (secondary N) is 1. The maximum Gasteiger partial charge on any atom is 0.318 e. The van der Waals surface area contributed by atoms with Crippen LogP contribution in [0, 0.1) is 0 Å². The SMILES string of the molecule is COc1ncc2c3c([nH]c2n1)CCN(C1CC1)CC3. The zero-order valence-electron chi connectivity index (χ0n) is 11.1. The first kappa shape index (κ1) is 11.2. The molecular formula is C14H18N4O. The van der Waals surface area contributed by atoms with E-state index >= 15 is 0 Å². The first-order chi connectivity index (χ1) is 9.35. The van der Waals surface area contributed by atoms with E-state index in [0.717, 1.165) is 43.0 Å². The molecule has 4 rings (SSSR count). The summed E-state index contributed by atoms with van der Waals surface area (Å²) in [4.78, 5) is 14.7. The molecule has 0 unspecified atom stereocenters. The number of methoxy groups -OCH3 is 1. The third kappa shape index (κ3) is 1.89. The van der Waals surface area contributed by atoms with E-state index in [1.807, 2.05) is 6.20 Å². The van der Waals surface area contributed by atoms with E-state index in [1.165, 1.54) is 24.1 Å². The smallest absolute Gasteiger partial charge is 0.318 e. The van der Waals surface area contributed by atoms with Crippen molar-refractivity contribution in [3.63, 3.8) is 0 Å². The second kappa shape index (κ2) is 4.20. The van der Waals surface area contributed by atoms with Crippen LogP contribution in [-0.2, 0) is 12.8 Å². The van der Waals surface area contributed by atoms with Crippen LogP contribution >= 0.6 is 0 Å². The molecule has 19 heavy (non-hydrogen) atoms. The molecule has 1 fully saturated rings. The van der Waals surface area contributed by atoms with E-state index in [4.69, 9.17) is 4.74 Å². The summed E-state index contributed by atoms with van der Waals surface area (Å²) in [5, 5.41) is 1.16. The molecule has 0 atom stereocenters. The number of H-pyrrole nitrogens is 1. The summed E-state index contributed by atoms with van der Waals surface area (Å²) in [7, 11) is 1.60. The van der Waals surface area contributed by atoms with Gasteiger partial charge in [-0.3, -0.25) is 4.90 Å². The summed E-state index contributed by atoms with van der Waals surface area (Å²) in [5.41, 5.74) is 3.65. The van der Waals surface area contributed by atoms with Gasteiger partial charge < -0.3 is 9.72 Å². The highest BCUT2D eigenvalue weighted by Gasteiger charge is 2.30. The summed E-state index contributed by atoms with van der Waals surface area (Å²) in [6, 6.07) is 1.29. The molecule has 1 saturated carbocycles. The van der Waals surface area contributed by atoms with E-state index in [9.17, 15) is 0 Å². The van der Waals surface area contributed by atoms with Gasteiger partial charge >= 0.3 is 6.01 Å². The quantitative estimate of drug-likeness (QED) is 0.887.